The van der Waals surface area contributed by atoms with Crippen LogP contribution in [0, 0.1) is 17.5 Å². The molecule has 0 aliphatic carbocycles. The first-order chi connectivity index (χ1) is 18.4. The Morgan fingerprint density at radius 3 is 2.31 bits per heavy atom. The quantitative estimate of drug-likeness (QED) is 0.267. The molecular weight excluding hydrogens is 553 g/mol. The highest BCUT2D eigenvalue weighted by molar-refractivity contribution is 7.90. The van der Waals surface area contributed by atoms with Gasteiger partial charge in [0.05, 0.1) is 17.2 Å². The topological polar surface area (TPSA) is 94.6 Å². The summed E-state index contributed by atoms with van der Waals surface area (Å²) in [6, 6.07) is 13.7. The Balaban J connectivity index is 1.53. The summed E-state index contributed by atoms with van der Waals surface area (Å²) in [5.41, 5.74) is -1.01. The molecule has 4 aromatic rings. The monoisotopic (exact) mass is 576 g/mol. The van der Waals surface area contributed by atoms with Crippen molar-refractivity contribution in [2.45, 2.75) is 23.8 Å². The Bertz CT molecular complexity index is 1580. The van der Waals surface area contributed by atoms with E-state index in [1.807, 2.05) is 0 Å². The highest BCUT2D eigenvalue weighted by atomic mass is 32.2. The zero-order valence-corrected chi connectivity index (χ0v) is 22.4. The molecule has 1 heterocycles. The fraction of sp³-hybridized carbons (Fsp3) is 0.185. The number of nitrogens with one attached hydrogen (secondary N) is 1. The van der Waals surface area contributed by atoms with Crippen molar-refractivity contribution in [3.05, 3.63) is 101 Å². The lowest BCUT2D eigenvalue weighted by Gasteiger charge is -2.30. The molecule has 0 aliphatic rings. The summed E-state index contributed by atoms with van der Waals surface area (Å²) in [6.07, 6.45) is 1.45. The summed E-state index contributed by atoms with van der Waals surface area (Å²) < 4.78 is 76.1. The van der Waals surface area contributed by atoms with Gasteiger partial charge < -0.3 is 9.47 Å². The van der Waals surface area contributed by atoms with E-state index < -0.39 is 33.0 Å². The van der Waals surface area contributed by atoms with Crippen LogP contribution in [0.2, 0.25) is 0 Å². The fourth-order valence-electron chi connectivity index (χ4n) is 3.53. The van der Waals surface area contributed by atoms with Gasteiger partial charge in [0.2, 0.25) is 5.60 Å². The van der Waals surface area contributed by atoms with Crippen LogP contribution in [-0.4, -0.2) is 32.2 Å². The fourth-order valence-corrected chi connectivity index (χ4v) is 4.90. The number of anilines is 1. The number of nitrogens with zero attached hydrogens (tertiary/aromatic N) is 1. The summed E-state index contributed by atoms with van der Waals surface area (Å²) in [6.45, 7) is 1.64. The minimum absolute atomic E-state index is 0.0226. The summed E-state index contributed by atoms with van der Waals surface area (Å²) in [5.74, 6) is -2.79. The molecule has 204 valence electrons. The first-order valence-electron chi connectivity index (χ1n) is 11.5. The Kier molecular flexibility index (Phi) is 8.26. The predicted molar refractivity (Wildman–Crippen MR) is 140 cm³/mol. The van der Waals surface area contributed by atoms with Gasteiger partial charge in [-0.25, -0.2) is 26.6 Å². The van der Waals surface area contributed by atoms with E-state index in [2.05, 4.69) is 10.3 Å². The number of carbonyl (C=O) groups excluding carboxylic acids is 1. The van der Waals surface area contributed by atoms with Crippen LogP contribution in [0.1, 0.15) is 18.2 Å². The predicted octanol–water partition coefficient (Wildman–Crippen LogP) is 5.52. The average Bonchev–Trinajstić information content (AvgIpc) is 3.33. The Hall–Kier alpha value is -3.90. The molecule has 7 nitrogen and oxygen atoms in total. The number of hydrogen-bond donors (Lipinski definition) is 1. The lowest BCUT2D eigenvalue weighted by Crippen LogP contribution is -2.43. The lowest BCUT2D eigenvalue weighted by atomic mass is 9.94. The molecule has 1 N–H and O–H groups in total. The van der Waals surface area contributed by atoms with E-state index in [4.69, 9.17) is 9.47 Å². The van der Waals surface area contributed by atoms with Gasteiger partial charge in [-0.15, -0.1) is 11.3 Å². The van der Waals surface area contributed by atoms with Crippen LogP contribution in [0.5, 0.6) is 11.5 Å². The number of amides is 1. The minimum Gasteiger partial charge on any atom is -0.493 e. The third kappa shape index (κ3) is 6.95. The molecule has 0 radical (unpaired) electrons. The molecule has 0 saturated carbocycles. The number of sulfone groups is 1. The van der Waals surface area contributed by atoms with Crippen LogP contribution in [-0.2, 0) is 26.7 Å². The third-order valence-corrected chi connectivity index (χ3v) is 7.62. The van der Waals surface area contributed by atoms with Crippen LogP contribution < -0.4 is 14.8 Å². The van der Waals surface area contributed by atoms with Crippen molar-refractivity contribution in [3.63, 3.8) is 0 Å². The van der Waals surface area contributed by atoms with Gasteiger partial charge in [-0.1, -0.05) is 12.1 Å². The van der Waals surface area contributed by atoms with E-state index in [-0.39, 0.29) is 33.8 Å². The summed E-state index contributed by atoms with van der Waals surface area (Å²) in [7, 11) is -3.51. The molecule has 0 saturated heterocycles. The van der Waals surface area contributed by atoms with E-state index in [0.717, 1.165) is 29.7 Å². The molecule has 12 heteroatoms. The minimum atomic E-state index is -3.51. The molecule has 1 amide bonds. The molecule has 3 aromatic carbocycles. The number of rotatable bonds is 10. The number of benzene rings is 3. The Morgan fingerprint density at radius 2 is 1.67 bits per heavy atom. The van der Waals surface area contributed by atoms with Crippen LogP contribution in [0.15, 0.2) is 77.0 Å². The second-order valence-electron chi connectivity index (χ2n) is 8.66. The molecular formula is C27H23F3N2O5S2. The van der Waals surface area contributed by atoms with Crippen molar-refractivity contribution < 1.29 is 35.9 Å². The van der Waals surface area contributed by atoms with E-state index in [1.165, 1.54) is 55.5 Å². The van der Waals surface area contributed by atoms with Crippen LogP contribution in [0.25, 0.3) is 0 Å². The van der Waals surface area contributed by atoms with Gasteiger partial charge >= 0.3 is 0 Å². The second kappa shape index (κ2) is 11.5. The zero-order valence-electron chi connectivity index (χ0n) is 20.8. The van der Waals surface area contributed by atoms with Crippen molar-refractivity contribution in [2.75, 3.05) is 18.2 Å². The standard InChI is InChI=1S/C27H23F3N2O5S2/c1-27(37-24-12-7-19(29)15-23(24)30,17-3-10-22(11-4-17)39(2,34)35)25(33)32-26-31-20(16-38-26)13-14-36-21-8-5-18(28)6-9-21/h3-12,15-16H,13-14H2,1-2H3,(H,31,32,33). The molecule has 0 bridgehead atoms. The van der Waals surface area contributed by atoms with E-state index in [0.29, 0.717) is 23.9 Å². The van der Waals surface area contributed by atoms with E-state index in [1.54, 1.807) is 5.38 Å². The molecule has 1 aromatic heterocycles. The zero-order chi connectivity index (χ0) is 28.2. The van der Waals surface area contributed by atoms with Gasteiger partial charge in [0, 0.05) is 29.7 Å². The van der Waals surface area contributed by atoms with Crippen molar-refractivity contribution in [3.8, 4) is 11.5 Å². The highest BCUT2D eigenvalue weighted by Crippen LogP contribution is 2.33. The Morgan fingerprint density at radius 1 is 1.00 bits per heavy atom. The molecule has 0 aliphatic heterocycles. The SMILES string of the molecule is CC(Oc1ccc(F)cc1F)(C(=O)Nc1nc(CCOc2ccc(F)cc2)cs1)c1ccc(S(C)(=O)=O)cc1. The van der Waals surface area contributed by atoms with Crippen molar-refractivity contribution in [2.24, 2.45) is 0 Å². The molecule has 0 spiro atoms. The molecule has 4 rings (SSSR count). The number of thiazole rings is 1. The van der Waals surface area contributed by atoms with Gasteiger partial charge in [0.15, 0.2) is 26.5 Å². The first-order valence-corrected chi connectivity index (χ1v) is 14.3. The second-order valence-corrected chi connectivity index (χ2v) is 11.5. The maximum absolute atomic E-state index is 14.5. The van der Waals surface area contributed by atoms with Gasteiger partial charge in [-0.3, -0.25) is 10.1 Å². The van der Waals surface area contributed by atoms with Crippen molar-refractivity contribution in [1.29, 1.82) is 0 Å². The summed E-state index contributed by atoms with van der Waals surface area (Å²) in [4.78, 5) is 17.9. The first kappa shape index (κ1) is 28.1. The molecule has 1 atom stereocenters. The van der Waals surface area contributed by atoms with Crippen LogP contribution >= 0.6 is 11.3 Å². The maximum atomic E-state index is 14.5. The molecule has 0 fully saturated rings. The smallest absolute Gasteiger partial charge is 0.274 e. The van der Waals surface area contributed by atoms with E-state index in [9.17, 15) is 26.4 Å². The largest absolute Gasteiger partial charge is 0.493 e. The van der Waals surface area contributed by atoms with Gasteiger partial charge in [0.25, 0.3) is 5.91 Å². The third-order valence-electron chi connectivity index (χ3n) is 5.69. The normalized spacial score (nSPS) is 12.9. The Labute approximate surface area is 227 Å². The van der Waals surface area contributed by atoms with Gasteiger partial charge in [0.1, 0.15) is 17.4 Å². The number of aromatic nitrogens is 1. The van der Waals surface area contributed by atoms with Crippen LogP contribution in [0.4, 0.5) is 18.3 Å². The van der Waals surface area contributed by atoms with Crippen molar-refractivity contribution in [1.82, 2.24) is 4.98 Å². The lowest BCUT2D eigenvalue weighted by molar-refractivity contribution is -0.130. The number of halogens is 3. The van der Waals surface area contributed by atoms with Gasteiger partial charge in [-0.05, 0) is 55.5 Å². The number of carbonyl (C=O) groups is 1. The van der Waals surface area contributed by atoms with Crippen LogP contribution in [0.3, 0.4) is 0 Å². The van der Waals surface area contributed by atoms with Gasteiger partial charge in [-0.2, -0.15) is 0 Å². The molecule has 39 heavy (non-hydrogen) atoms. The average molecular weight is 577 g/mol. The molecule has 1 unspecified atom stereocenters. The summed E-state index contributed by atoms with van der Waals surface area (Å²) >= 11 is 1.15. The number of hydrogen-bond acceptors (Lipinski definition) is 7. The summed E-state index contributed by atoms with van der Waals surface area (Å²) in [5, 5.41) is 4.62. The highest BCUT2D eigenvalue weighted by Gasteiger charge is 2.39. The van der Waals surface area contributed by atoms with Crippen molar-refractivity contribution >= 4 is 32.2 Å². The number of ether oxygens (including phenoxy) is 2. The van der Waals surface area contributed by atoms with E-state index >= 15 is 0 Å². The maximum Gasteiger partial charge on any atom is 0.274 e.